The Balaban J connectivity index is 1.25. The molecular formula is C18H17N5O3S. The van der Waals surface area contributed by atoms with E-state index in [1.165, 1.54) is 21.8 Å². The van der Waals surface area contributed by atoms with Crippen molar-refractivity contribution in [3.63, 3.8) is 0 Å². The molecule has 3 aromatic rings. The van der Waals surface area contributed by atoms with E-state index in [9.17, 15) is 9.59 Å². The fourth-order valence-electron chi connectivity index (χ4n) is 2.89. The number of pyridine rings is 1. The van der Waals surface area contributed by atoms with Gasteiger partial charge in [-0.2, -0.15) is 4.98 Å². The van der Waals surface area contributed by atoms with E-state index in [2.05, 4.69) is 26.0 Å². The Morgan fingerprint density at radius 2 is 2.04 bits per heavy atom. The van der Waals surface area contributed by atoms with Crippen LogP contribution >= 0.6 is 11.3 Å². The minimum absolute atomic E-state index is 0.124. The van der Waals surface area contributed by atoms with Crippen molar-refractivity contribution in [3.8, 4) is 11.4 Å². The number of amides is 2. The van der Waals surface area contributed by atoms with Gasteiger partial charge in [0, 0.05) is 35.7 Å². The molecule has 138 valence electrons. The normalized spacial score (nSPS) is 12.6. The Labute approximate surface area is 159 Å². The minimum Gasteiger partial charge on any atom is -0.339 e. The molecule has 8 nitrogen and oxygen atoms in total. The predicted octanol–water partition coefficient (Wildman–Crippen LogP) is 2.08. The first-order valence-corrected chi connectivity index (χ1v) is 9.44. The van der Waals surface area contributed by atoms with Crippen LogP contribution in [0.1, 0.15) is 38.8 Å². The van der Waals surface area contributed by atoms with Crippen LogP contribution in [0.15, 0.2) is 35.1 Å². The van der Waals surface area contributed by atoms with Crippen molar-refractivity contribution in [1.29, 1.82) is 0 Å². The second kappa shape index (κ2) is 7.67. The summed E-state index contributed by atoms with van der Waals surface area (Å²) in [4.78, 5) is 34.2. The monoisotopic (exact) mass is 383 g/mol. The Kier molecular flexibility index (Phi) is 4.93. The van der Waals surface area contributed by atoms with Crippen LogP contribution in [-0.2, 0) is 24.1 Å². The molecule has 3 heterocycles. The zero-order chi connectivity index (χ0) is 18.6. The molecule has 2 N–H and O–H groups in total. The molecule has 0 saturated carbocycles. The first kappa shape index (κ1) is 17.3. The Morgan fingerprint density at radius 1 is 1.19 bits per heavy atom. The molecule has 0 spiro atoms. The second-order valence-corrected chi connectivity index (χ2v) is 7.30. The van der Waals surface area contributed by atoms with Gasteiger partial charge in [-0.1, -0.05) is 5.16 Å². The molecule has 0 saturated heterocycles. The Bertz CT molecular complexity index is 945. The van der Waals surface area contributed by atoms with Crippen molar-refractivity contribution in [1.82, 2.24) is 26.0 Å². The lowest BCUT2D eigenvalue weighted by Crippen LogP contribution is -2.41. The van der Waals surface area contributed by atoms with Crippen LogP contribution in [0.5, 0.6) is 0 Å². The SMILES string of the molecule is O=C(CCc1nc(-c2ccncc2)no1)NNC(=O)c1cc2c(s1)CCC2. The number of carbonyl (C=O) groups is 2. The topological polar surface area (TPSA) is 110 Å². The van der Waals surface area contributed by atoms with Gasteiger partial charge in [-0.3, -0.25) is 25.4 Å². The summed E-state index contributed by atoms with van der Waals surface area (Å²) in [6, 6.07) is 5.46. The molecular weight excluding hydrogens is 366 g/mol. The number of rotatable bonds is 5. The highest BCUT2D eigenvalue weighted by molar-refractivity contribution is 7.14. The van der Waals surface area contributed by atoms with E-state index < -0.39 is 0 Å². The molecule has 1 aliphatic carbocycles. The third-order valence-corrected chi connectivity index (χ3v) is 5.49. The molecule has 9 heteroatoms. The van der Waals surface area contributed by atoms with Crippen LogP contribution in [0.2, 0.25) is 0 Å². The van der Waals surface area contributed by atoms with Crippen molar-refractivity contribution < 1.29 is 14.1 Å². The van der Waals surface area contributed by atoms with Gasteiger partial charge in [0.25, 0.3) is 5.91 Å². The maximum absolute atomic E-state index is 12.1. The molecule has 27 heavy (non-hydrogen) atoms. The predicted molar refractivity (Wildman–Crippen MR) is 97.8 cm³/mol. The van der Waals surface area contributed by atoms with E-state index in [1.807, 2.05) is 6.07 Å². The van der Waals surface area contributed by atoms with Gasteiger partial charge in [0.05, 0.1) is 4.88 Å². The Morgan fingerprint density at radius 3 is 2.85 bits per heavy atom. The third-order valence-electron chi connectivity index (χ3n) is 4.26. The van der Waals surface area contributed by atoms with Crippen molar-refractivity contribution >= 4 is 23.2 Å². The van der Waals surface area contributed by atoms with E-state index >= 15 is 0 Å². The van der Waals surface area contributed by atoms with E-state index in [4.69, 9.17) is 4.52 Å². The van der Waals surface area contributed by atoms with E-state index in [1.54, 1.807) is 24.5 Å². The van der Waals surface area contributed by atoms with E-state index in [0.717, 1.165) is 24.8 Å². The number of hydrogen-bond donors (Lipinski definition) is 2. The lowest BCUT2D eigenvalue weighted by atomic mass is 10.2. The first-order chi connectivity index (χ1) is 13.2. The summed E-state index contributed by atoms with van der Waals surface area (Å²) in [5.41, 5.74) is 6.92. The second-order valence-electron chi connectivity index (χ2n) is 6.16. The summed E-state index contributed by atoms with van der Waals surface area (Å²) in [6.45, 7) is 0. The maximum Gasteiger partial charge on any atom is 0.279 e. The zero-order valence-electron chi connectivity index (χ0n) is 14.4. The van der Waals surface area contributed by atoms with Crippen molar-refractivity contribution in [2.75, 3.05) is 0 Å². The molecule has 0 fully saturated rings. The quantitative estimate of drug-likeness (QED) is 0.653. The van der Waals surface area contributed by atoms with Crippen molar-refractivity contribution in [2.24, 2.45) is 0 Å². The average Bonchev–Trinajstić information content (AvgIpc) is 3.41. The lowest BCUT2D eigenvalue weighted by Gasteiger charge is -2.05. The summed E-state index contributed by atoms with van der Waals surface area (Å²) in [5.74, 6) is 0.196. The number of hydrazine groups is 1. The summed E-state index contributed by atoms with van der Waals surface area (Å²) >= 11 is 1.49. The van der Waals surface area contributed by atoms with Gasteiger partial charge in [-0.05, 0) is 43.0 Å². The largest absolute Gasteiger partial charge is 0.339 e. The standard InChI is InChI=1S/C18H17N5O3S/c24-15(21-22-18(25)14-10-12-2-1-3-13(12)27-14)4-5-16-20-17(23-26-16)11-6-8-19-9-7-11/h6-10H,1-5H2,(H,21,24)(H,22,25). The number of nitrogens with one attached hydrogen (secondary N) is 2. The zero-order valence-corrected chi connectivity index (χ0v) is 15.2. The number of carbonyl (C=O) groups excluding carboxylic acids is 2. The highest BCUT2D eigenvalue weighted by atomic mass is 32.1. The van der Waals surface area contributed by atoms with Gasteiger partial charge in [-0.15, -0.1) is 11.3 Å². The first-order valence-electron chi connectivity index (χ1n) is 8.63. The van der Waals surface area contributed by atoms with Gasteiger partial charge in [0.1, 0.15) is 0 Å². The van der Waals surface area contributed by atoms with Crippen LogP contribution in [-0.4, -0.2) is 26.9 Å². The van der Waals surface area contributed by atoms with E-state index in [-0.39, 0.29) is 24.7 Å². The van der Waals surface area contributed by atoms with Gasteiger partial charge < -0.3 is 4.52 Å². The van der Waals surface area contributed by atoms with Crippen LogP contribution in [0.25, 0.3) is 11.4 Å². The van der Waals surface area contributed by atoms with Crippen LogP contribution in [0, 0.1) is 0 Å². The van der Waals surface area contributed by atoms with Gasteiger partial charge in [-0.25, -0.2) is 0 Å². The number of nitrogens with zero attached hydrogens (tertiary/aromatic N) is 3. The number of hydrogen-bond acceptors (Lipinski definition) is 7. The third kappa shape index (κ3) is 4.03. The molecule has 2 amide bonds. The highest BCUT2D eigenvalue weighted by Gasteiger charge is 2.19. The van der Waals surface area contributed by atoms with Gasteiger partial charge in [0.2, 0.25) is 17.6 Å². The summed E-state index contributed by atoms with van der Waals surface area (Å²) < 4.78 is 5.15. The average molecular weight is 383 g/mol. The van der Waals surface area contributed by atoms with Crippen molar-refractivity contribution in [2.45, 2.75) is 32.1 Å². The fraction of sp³-hybridized carbons (Fsp3) is 0.278. The summed E-state index contributed by atoms with van der Waals surface area (Å²) in [6.07, 6.45) is 6.90. The minimum atomic E-state index is -0.323. The molecule has 0 bridgehead atoms. The lowest BCUT2D eigenvalue weighted by molar-refractivity contribution is -0.121. The van der Waals surface area contributed by atoms with Crippen LogP contribution in [0.4, 0.5) is 0 Å². The maximum atomic E-state index is 12.1. The molecule has 0 atom stereocenters. The molecule has 4 rings (SSSR count). The number of fused-ring (bicyclic) bond motifs is 1. The summed E-state index contributed by atoms with van der Waals surface area (Å²) in [7, 11) is 0. The van der Waals surface area contributed by atoms with Crippen LogP contribution in [0.3, 0.4) is 0 Å². The van der Waals surface area contributed by atoms with Crippen molar-refractivity contribution in [3.05, 3.63) is 51.8 Å². The van der Waals surface area contributed by atoms with Crippen LogP contribution < -0.4 is 10.9 Å². The smallest absolute Gasteiger partial charge is 0.279 e. The fourth-order valence-corrected chi connectivity index (χ4v) is 4.04. The molecule has 0 aliphatic heterocycles. The number of aryl methyl sites for hydroxylation is 3. The Hall–Kier alpha value is -3.07. The molecule has 0 aromatic carbocycles. The molecule has 1 aliphatic rings. The van der Waals surface area contributed by atoms with E-state index in [0.29, 0.717) is 16.6 Å². The molecule has 0 unspecified atom stereocenters. The number of thiophene rings is 1. The summed E-state index contributed by atoms with van der Waals surface area (Å²) in [5, 5.41) is 3.89. The highest BCUT2D eigenvalue weighted by Crippen LogP contribution is 2.30. The molecule has 3 aromatic heterocycles. The molecule has 0 radical (unpaired) electrons. The van der Waals surface area contributed by atoms with Gasteiger partial charge >= 0.3 is 0 Å². The van der Waals surface area contributed by atoms with Gasteiger partial charge in [0.15, 0.2) is 0 Å². The number of aromatic nitrogens is 3.